The van der Waals surface area contributed by atoms with Gasteiger partial charge in [0.25, 0.3) is 0 Å². The second-order valence-electron chi connectivity index (χ2n) is 6.14. The molecule has 2 aromatic heterocycles. The maximum atomic E-state index is 12.3. The van der Waals surface area contributed by atoms with E-state index < -0.39 is 52.7 Å². The summed E-state index contributed by atoms with van der Waals surface area (Å²) in [7, 11) is -2.41. The van der Waals surface area contributed by atoms with Gasteiger partial charge in [-0.1, -0.05) is 22.9 Å². The Kier molecular flexibility index (Phi) is 7.46. The lowest BCUT2D eigenvalue weighted by atomic mass is 10.3. The minimum Gasteiger partial charge on any atom is -0.619 e. The Balaban J connectivity index is 2.00. The molecular weight excluding hydrogens is 455 g/mol. The molecular formula is C16H17ClF3N3O4S2. The molecule has 160 valence electrons. The van der Waals surface area contributed by atoms with Crippen LogP contribution in [0.5, 0.6) is 0 Å². The van der Waals surface area contributed by atoms with E-state index in [-0.39, 0.29) is 10.2 Å². The van der Waals surface area contributed by atoms with Crippen LogP contribution in [0.2, 0.25) is 5.15 Å². The largest absolute Gasteiger partial charge is 0.619 e. The summed E-state index contributed by atoms with van der Waals surface area (Å²) >= 11 is 7.11. The first kappa shape index (κ1) is 23.4. The molecule has 0 atom stereocenters. The van der Waals surface area contributed by atoms with Gasteiger partial charge in [0.1, 0.15) is 10.0 Å². The molecule has 0 aliphatic rings. The molecule has 2 heterocycles. The molecule has 7 nitrogen and oxygen atoms in total. The normalized spacial score (nSPS) is 12.2. The van der Waals surface area contributed by atoms with Crippen LogP contribution in [0.4, 0.5) is 18.2 Å². The van der Waals surface area contributed by atoms with Crippen molar-refractivity contribution in [2.24, 2.45) is 0 Å². The number of anilines is 1. The highest BCUT2D eigenvalue weighted by molar-refractivity contribution is 7.91. The Morgan fingerprint density at radius 1 is 1.38 bits per heavy atom. The van der Waals surface area contributed by atoms with Gasteiger partial charge in [-0.2, -0.15) is 17.9 Å². The molecule has 0 aliphatic carbocycles. The van der Waals surface area contributed by atoms with Gasteiger partial charge >= 0.3 is 6.18 Å². The standard InChI is InChI=1S/C16H17ClF3N3O4S2/c1-22(12(24)5-9-29(26,27)8-3-6-16(18,19)20)15-13(17)21-14(28-15)11-4-2-7-23(25)10-11/h2,4,7,10H,3,5-6,8-9H2,1H3. The Labute approximate surface area is 174 Å². The first-order chi connectivity index (χ1) is 13.4. The third-order valence-electron chi connectivity index (χ3n) is 3.81. The number of sulfone groups is 1. The molecule has 0 unspecified atom stereocenters. The highest BCUT2D eigenvalue weighted by atomic mass is 35.5. The van der Waals surface area contributed by atoms with E-state index in [1.807, 2.05) is 0 Å². The summed E-state index contributed by atoms with van der Waals surface area (Å²) in [4.78, 5) is 17.6. The minimum atomic E-state index is -4.42. The molecule has 0 aliphatic heterocycles. The molecule has 0 spiro atoms. The topological polar surface area (TPSA) is 94.3 Å². The average Bonchev–Trinajstić information content (AvgIpc) is 2.99. The van der Waals surface area contributed by atoms with E-state index in [1.165, 1.54) is 25.5 Å². The lowest BCUT2D eigenvalue weighted by Crippen LogP contribution is -2.28. The maximum Gasteiger partial charge on any atom is 0.389 e. The quantitative estimate of drug-likeness (QED) is 0.435. The Morgan fingerprint density at radius 3 is 2.69 bits per heavy atom. The summed E-state index contributed by atoms with van der Waals surface area (Å²) in [5, 5.41) is 12.1. The van der Waals surface area contributed by atoms with Crippen molar-refractivity contribution >= 4 is 43.7 Å². The molecule has 0 bridgehead atoms. The summed E-state index contributed by atoms with van der Waals surface area (Å²) in [6.07, 6.45) is -3.98. The number of aromatic nitrogens is 2. The number of thiazole rings is 1. The van der Waals surface area contributed by atoms with Crippen LogP contribution >= 0.6 is 22.9 Å². The van der Waals surface area contributed by atoms with Crippen molar-refractivity contribution in [2.75, 3.05) is 23.5 Å². The average molecular weight is 472 g/mol. The van der Waals surface area contributed by atoms with Gasteiger partial charge in [-0.15, -0.1) is 0 Å². The molecule has 2 aromatic rings. The van der Waals surface area contributed by atoms with Gasteiger partial charge in [-0.25, -0.2) is 13.4 Å². The predicted molar refractivity (Wildman–Crippen MR) is 103 cm³/mol. The molecule has 0 saturated heterocycles. The zero-order chi connectivity index (χ0) is 21.8. The molecule has 13 heteroatoms. The van der Waals surface area contributed by atoms with Crippen LogP contribution in [0.15, 0.2) is 24.5 Å². The monoisotopic (exact) mass is 471 g/mol. The smallest absolute Gasteiger partial charge is 0.389 e. The van der Waals surface area contributed by atoms with Crippen LogP contribution in [0.3, 0.4) is 0 Å². The highest BCUT2D eigenvalue weighted by Gasteiger charge is 2.28. The molecule has 0 radical (unpaired) electrons. The fraction of sp³-hybridized carbons (Fsp3) is 0.438. The number of nitrogens with zero attached hydrogens (tertiary/aromatic N) is 3. The van der Waals surface area contributed by atoms with E-state index in [2.05, 4.69) is 4.98 Å². The fourth-order valence-corrected chi connectivity index (χ4v) is 4.90. The molecule has 0 aromatic carbocycles. The Hall–Kier alpha value is -1.92. The summed E-state index contributed by atoms with van der Waals surface area (Å²) in [5.74, 6) is -1.78. The van der Waals surface area contributed by atoms with Crippen molar-refractivity contribution in [3.05, 3.63) is 34.9 Å². The van der Waals surface area contributed by atoms with Gasteiger partial charge in [-0.3, -0.25) is 4.79 Å². The van der Waals surface area contributed by atoms with E-state index >= 15 is 0 Å². The number of amides is 1. The molecule has 0 N–H and O–H groups in total. The Morgan fingerprint density at radius 2 is 2.07 bits per heavy atom. The van der Waals surface area contributed by atoms with Crippen molar-refractivity contribution in [1.29, 1.82) is 0 Å². The first-order valence-corrected chi connectivity index (χ1v) is 11.3. The second kappa shape index (κ2) is 9.26. The van der Waals surface area contributed by atoms with Gasteiger partial charge in [0.05, 0.1) is 17.1 Å². The molecule has 0 saturated carbocycles. The van der Waals surface area contributed by atoms with Crippen LogP contribution < -0.4 is 9.63 Å². The van der Waals surface area contributed by atoms with Crippen molar-refractivity contribution in [2.45, 2.75) is 25.4 Å². The number of rotatable bonds is 8. The van der Waals surface area contributed by atoms with Gasteiger partial charge in [0.2, 0.25) is 5.91 Å². The lowest BCUT2D eigenvalue weighted by molar-refractivity contribution is -0.604. The zero-order valence-corrected chi connectivity index (χ0v) is 17.5. The Bertz CT molecular complexity index is 980. The van der Waals surface area contributed by atoms with Gasteiger partial charge in [-0.05, 0) is 12.5 Å². The van der Waals surface area contributed by atoms with Gasteiger partial charge in [0, 0.05) is 26.0 Å². The fourth-order valence-electron chi connectivity index (χ4n) is 2.32. The SMILES string of the molecule is CN(C(=O)CCS(=O)(=O)CCCC(F)(F)F)c1sc(-c2ccc[n+]([O-])c2)nc1Cl. The second-order valence-corrected chi connectivity index (χ2v) is 9.78. The van der Waals surface area contributed by atoms with E-state index in [0.717, 1.165) is 16.2 Å². The van der Waals surface area contributed by atoms with Gasteiger partial charge < -0.3 is 10.1 Å². The van der Waals surface area contributed by atoms with Crippen LogP contribution in [0.25, 0.3) is 10.6 Å². The van der Waals surface area contributed by atoms with E-state index in [1.54, 1.807) is 6.07 Å². The third kappa shape index (κ3) is 7.12. The summed E-state index contributed by atoms with van der Waals surface area (Å²) in [6, 6.07) is 3.17. The van der Waals surface area contributed by atoms with E-state index in [0.29, 0.717) is 15.3 Å². The summed E-state index contributed by atoms with van der Waals surface area (Å²) in [5.41, 5.74) is 0.494. The number of carbonyl (C=O) groups is 1. The van der Waals surface area contributed by atoms with Crippen molar-refractivity contribution in [1.82, 2.24) is 4.98 Å². The zero-order valence-electron chi connectivity index (χ0n) is 15.1. The number of hydrogen-bond donors (Lipinski definition) is 0. The molecule has 1 amide bonds. The van der Waals surface area contributed by atoms with Crippen molar-refractivity contribution < 1.29 is 31.1 Å². The van der Waals surface area contributed by atoms with Crippen molar-refractivity contribution in [3.63, 3.8) is 0 Å². The molecule has 2 rings (SSSR count). The van der Waals surface area contributed by atoms with Crippen LogP contribution in [-0.4, -0.2) is 44.0 Å². The maximum absolute atomic E-state index is 12.3. The molecule has 29 heavy (non-hydrogen) atoms. The predicted octanol–water partition coefficient (Wildman–Crippen LogP) is 3.21. The van der Waals surface area contributed by atoms with Crippen LogP contribution in [-0.2, 0) is 14.6 Å². The van der Waals surface area contributed by atoms with E-state index in [4.69, 9.17) is 11.6 Å². The summed E-state index contributed by atoms with van der Waals surface area (Å²) < 4.78 is 60.7. The lowest BCUT2D eigenvalue weighted by Gasteiger charge is -2.15. The first-order valence-electron chi connectivity index (χ1n) is 8.27. The van der Waals surface area contributed by atoms with E-state index in [9.17, 15) is 31.6 Å². The highest BCUT2D eigenvalue weighted by Crippen LogP contribution is 2.37. The third-order valence-corrected chi connectivity index (χ3v) is 7.11. The number of pyridine rings is 1. The summed E-state index contributed by atoms with van der Waals surface area (Å²) in [6.45, 7) is 0. The van der Waals surface area contributed by atoms with Crippen molar-refractivity contribution in [3.8, 4) is 10.6 Å². The number of alkyl halides is 3. The number of hydrogen-bond acceptors (Lipinski definition) is 6. The van der Waals surface area contributed by atoms with Crippen LogP contribution in [0, 0.1) is 5.21 Å². The number of halogens is 4. The minimum absolute atomic E-state index is 0.00943. The molecule has 0 fully saturated rings. The van der Waals surface area contributed by atoms with Gasteiger partial charge in [0.15, 0.2) is 27.4 Å². The van der Waals surface area contributed by atoms with Crippen LogP contribution in [0.1, 0.15) is 19.3 Å². The number of carbonyl (C=O) groups excluding carboxylic acids is 1.